The molecule has 4 rings (SSSR count). The van der Waals surface area contributed by atoms with E-state index >= 15 is 0 Å². The summed E-state index contributed by atoms with van der Waals surface area (Å²) >= 11 is 0. The number of anilines is 3. The van der Waals surface area contributed by atoms with Crippen LogP contribution in [-0.2, 0) is 0 Å². The van der Waals surface area contributed by atoms with Crippen molar-refractivity contribution in [2.75, 3.05) is 41.3 Å². The summed E-state index contributed by atoms with van der Waals surface area (Å²) in [4.78, 5) is 13.9. The average Bonchev–Trinajstić information content (AvgIpc) is 3.42. The van der Waals surface area contributed by atoms with Crippen molar-refractivity contribution in [1.29, 1.82) is 0 Å². The summed E-state index contributed by atoms with van der Waals surface area (Å²) in [5.41, 5.74) is 4.12. The molecule has 2 aromatic rings. The van der Waals surface area contributed by atoms with Gasteiger partial charge in [-0.1, -0.05) is 12.1 Å². The fourth-order valence-electron chi connectivity index (χ4n) is 3.26. The number of aromatic nitrogens is 2. The molecule has 126 valence electrons. The lowest BCUT2D eigenvalue weighted by atomic mass is 10.1. The summed E-state index contributed by atoms with van der Waals surface area (Å²) in [7, 11) is 0. The van der Waals surface area contributed by atoms with Gasteiger partial charge in [-0.3, -0.25) is 0 Å². The van der Waals surface area contributed by atoms with E-state index in [1.807, 2.05) is 12.3 Å². The summed E-state index contributed by atoms with van der Waals surface area (Å²) in [6.07, 6.45) is 4.34. The summed E-state index contributed by atoms with van der Waals surface area (Å²) < 4.78 is 0. The highest BCUT2D eigenvalue weighted by molar-refractivity contribution is 5.57. The first-order chi connectivity index (χ1) is 11.7. The van der Waals surface area contributed by atoms with Gasteiger partial charge in [0.05, 0.1) is 0 Å². The minimum absolute atomic E-state index is 0.585. The molecule has 1 aliphatic carbocycles. The van der Waals surface area contributed by atoms with Crippen LogP contribution in [0.2, 0.25) is 0 Å². The van der Waals surface area contributed by atoms with Gasteiger partial charge in [0.25, 0.3) is 0 Å². The predicted molar refractivity (Wildman–Crippen MR) is 99.0 cm³/mol. The Morgan fingerprint density at radius 3 is 2.50 bits per heavy atom. The van der Waals surface area contributed by atoms with Crippen molar-refractivity contribution >= 4 is 17.5 Å². The second kappa shape index (κ2) is 6.30. The number of nitrogens with one attached hydrogen (secondary N) is 1. The van der Waals surface area contributed by atoms with E-state index in [4.69, 9.17) is 4.98 Å². The Morgan fingerprint density at radius 2 is 1.75 bits per heavy atom. The minimum atomic E-state index is 0.585. The predicted octanol–water partition coefficient (Wildman–Crippen LogP) is 2.99. The molecule has 0 radical (unpaired) electrons. The zero-order valence-electron chi connectivity index (χ0n) is 14.5. The van der Waals surface area contributed by atoms with Gasteiger partial charge in [-0.2, -0.15) is 4.98 Å². The molecule has 24 heavy (non-hydrogen) atoms. The van der Waals surface area contributed by atoms with Crippen molar-refractivity contribution in [2.45, 2.75) is 32.7 Å². The smallest absolute Gasteiger partial charge is 0.224 e. The maximum Gasteiger partial charge on any atom is 0.224 e. The Labute approximate surface area is 143 Å². The van der Waals surface area contributed by atoms with E-state index in [9.17, 15) is 0 Å². The van der Waals surface area contributed by atoms with Crippen LogP contribution in [0.1, 0.15) is 24.0 Å². The standard InChI is InChI=1S/C19H25N5/c1-14-4-3-5-17(15(14)2)23-10-12-24(13-11-23)18-8-9-20-19(22-18)21-16-6-7-16/h3-5,8-9,16H,6-7,10-13H2,1-2H3,(H,20,21,22). The molecular weight excluding hydrogens is 298 g/mol. The Kier molecular flexibility index (Phi) is 4.00. The van der Waals surface area contributed by atoms with E-state index in [2.05, 4.69) is 52.1 Å². The molecule has 1 N–H and O–H groups in total. The molecule has 5 nitrogen and oxygen atoms in total. The molecule has 1 aliphatic heterocycles. The summed E-state index contributed by atoms with van der Waals surface area (Å²) in [5, 5.41) is 3.38. The van der Waals surface area contributed by atoms with Crippen molar-refractivity contribution in [3.63, 3.8) is 0 Å². The minimum Gasteiger partial charge on any atom is -0.368 e. The molecular formula is C19H25N5. The van der Waals surface area contributed by atoms with Gasteiger partial charge >= 0.3 is 0 Å². The zero-order chi connectivity index (χ0) is 16.5. The van der Waals surface area contributed by atoms with Crippen LogP contribution in [0, 0.1) is 13.8 Å². The van der Waals surface area contributed by atoms with Crippen LogP contribution in [-0.4, -0.2) is 42.2 Å². The molecule has 2 aliphatic rings. The van der Waals surface area contributed by atoms with Gasteiger partial charge in [0.2, 0.25) is 5.95 Å². The van der Waals surface area contributed by atoms with Crippen molar-refractivity contribution < 1.29 is 0 Å². The first-order valence-electron chi connectivity index (χ1n) is 8.86. The van der Waals surface area contributed by atoms with Gasteiger partial charge in [0.1, 0.15) is 5.82 Å². The highest BCUT2D eigenvalue weighted by atomic mass is 15.3. The average molecular weight is 323 g/mol. The monoisotopic (exact) mass is 323 g/mol. The third kappa shape index (κ3) is 3.16. The fraction of sp³-hybridized carbons (Fsp3) is 0.474. The molecule has 2 heterocycles. The number of rotatable bonds is 4. The van der Waals surface area contributed by atoms with Gasteiger partial charge in [0.15, 0.2) is 0 Å². The van der Waals surface area contributed by atoms with Gasteiger partial charge in [-0.15, -0.1) is 0 Å². The molecule has 0 amide bonds. The Bertz CT molecular complexity index is 717. The van der Waals surface area contributed by atoms with Crippen molar-refractivity contribution in [3.8, 4) is 0 Å². The maximum absolute atomic E-state index is 4.69. The number of hydrogen-bond acceptors (Lipinski definition) is 5. The second-order valence-corrected chi connectivity index (χ2v) is 6.85. The SMILES string of the molecule is Cc1cccc(N2CCN(c3ccnc(NC4CC4)n3)CC2)c1C. The molecule has 1 saturated heterocycles. The van der Waals surface area contributed by atoms with E-state index < -0.39 is 0 Å². The van der Waals surface area contributed by atoms with Gasteiger partial charge in [-0.05, 0) is 49.9 Å². The molecule has 1 aromatic heterocycles. The third-order valence-corrected chi connectivity index (χ3v) is 5.07. The normalized spacial score (nSPS) is 17.9. The van der Waals surface area contributed by atoms with Crippen molar-refractivity contribution in [1.82, 2.24) is 9.97 Å². The Hall–Kier alpha value is -2.30. The third-order valence-electron chi connectivity index (χ3n) is 5.07. The van der Waals surface area contributed by atoms with Crippen molar-refractivity contribution in [3.05, 3.63) is 41.6 Å². The number of aryl methyl sites for hydroxylation is 1. The molecule has 1 aromatic carbocycles. The van der Waals surface area contributed by atoms with Gasteiger partial charge in [0, 0.05) is 44.1 Å². The van der Waals surface area contributed by atoms with Gasteiger partial charge < -0.3 is 15.1 Å². The van der Waals surface area contributed by atoms with E-state index in [1.165, 1.54) is 29.7 Å². The van der Waals surface area contributed by atoms with E-state index in [-0.39, 0.29) is 0 Å². The lowest BCUT2D eigenvalue weighted by Gasteiger charge is -2.37. The summed E-state index contributed by atoms with van der Waals surface area (Å²) in [6.45, 7) is 8.45. The maximum atomic E-state index is 4.69. The van der Waals surface area contributed by atoms with Crippen LogP contribution in [0.3, 0.4) is 0 Å². The molecule has 0 unspecified atom stereocenters. The largest absolute Gasteiger partial charge is 0.368 e. The summed E-state index contributed by atoms with van der Waals surface area (Å²) in [5.74, 6) is 1.81. The molecule has 5 heteroatoms. The topological polar surface area (TPSA) is 44.3 Å². The van der Waals surface area contributed by atoms with Crippen LogP contribution in [0.25, 0.3) is 0 Å². The lowest BCUT2D eigenvalue weighted by Crippen LogP contribution is -2.47. The van der Waals surface area contributed by atoms with Crippen LogP contribution in [0.4, 0.5) is 17.5 Å². The second-order valence-electron chi connectivity index (χ2n) is 6.85. The van der Waals surface area contributed by atoms with Crippen LogP contribution < -0.4 is 15.1 Å². The zero-order valence-corrected chi connectivity index (χ0v) is 14.5. The lowest BCUT2D eigenvalue weighted by molar-refractivity contribution is 0.645. The van der Waals surface area contributed by atoms with Crippen molar-refractivity contribution in [2.24, 2.45) is 0 Å². The van der Waals surface area contributed by atoms with E-state index in [0.717, 1.165) is 37.9 Å². The van der Waals surface area contributed by atoms with Gasteiger partial charge in [-0.25, -0.2) is 4.98 Å². The number of hydrogen-bond donors (Lipinski definition) is 1. The highest BCUT2D eigenvalue weighted by Gasteiger charge is 2.23. The van der Waals surface area contributed by atoms with Crippen LogP contribution >= 0.6 is 0 Å². The molecule has 0 bridgehead atoms. The molecule has 0 atom stereocenters. The van der Waals surface area contributed by atoms with Crippen LogP contribution in [0.15, 0.2) is 30.5 Å². The molecule has 2 fully saturated rings. The molecule has 1 saturated carbocycles. The van der Waals surface area contributed by atoms with E-state index in [0.29, 0.717) is 6.04 Å². The molecule has 0 spiro atoms. The summed E-state index contributed by atoms with van der Waals surface area (Å²) in [6, 6.07) is 9.18. The first kappa shape index (κ1) is 15.2. The highest BCUT2D eigenvalue weighted by Crippen LogP contribution is 2.26. The Balaban J connectivity index is 1.43. The number of nitrogens with zero attached hydrogens (tertiary/aromatic N) is 4. The quantitative estimate of drug-likeness (QED) is 0.937. The fourth-order valence-corrected chi connectivity index (χ4v) is 3.26. The Morgan fingerprint density at radius 1 is 1.00 bits per heavy atom. The van der Waals surface area contributed by atoms with Crippen LogP contribution in [0.5, 0.6) is 0 Å². The number of piperazine rings is 1. The van der Waals surface area contributed by atoms with E-state index in [1.54, 1.807) is 0 Å². The number of benzene rings is 1. The first-order valence-corrected chi connectivity index (χ1v) is 8.86.